The maximum absolute atomic E-state index is 11.7. The number of hydrogen-bond acceptors (Lipinski definition) is 4. The number of para-hydroxylation sites is 1. The van der Waals surface area contributed by atoms with Crippen LogP contribution in [0.1, 0.15) is 19.4 Å². The molecule has 0 unspecified atom stereocenters. The summed E-state index contributed by atoms with van der Waals surface area (Å²) in [4.78, 5) is 11.7. The summed E-state index contributed by atoms with van der Waals surface area (Å²) in [6.45, 7) is 4.94. The Bertz CT molecular complexity index is 591. The van der Waals surface area contributed by atoms with Crippen LogP contribution in [0.3, 0.4) is 0 Å². The summed E-state index contributed by atoms with van der Waals surface area (Å²) in [5.41, 5.74) is 1.61. The van der Waals surface area contributed by atoms with Crippen molar-refractivity contribution in [2.24, 2.45) is 5.41 Å². The fourth-order valence-corrected chi connectivity index (χ4v) is 2.15. The van der Waals surface area contributed by atoms with E-state index in [9.17, 15) is 4.79 Å². The zero-order chi connectivity index (χ0) is 15.3. The summed E-state index contributed by atoms with van der Waals surface area (Å²) in [6.07, 6.45) is 3.67. The lowest BCUT2D eigenvalue weighted by atomic mass is 9.93. The van der Waals surface area contributed by atoms with Gasteiger partial charge in [0.1, 0.15) is 0 Å². The number of nitrogens with one attached hydrogen (secondary N) is 1. The van der Waals surface area contributed by atoms with Gasteiger partial charge in [0.25, 0.3) is 0 Å². The zero-order valence-corrected chi connectivity index (χ0v) is 12.7. The maximum Gasteiger partial charge on any atom is 0.312 e. The van der Waals surface area contributed by atoms with Crippen molar-refractivity contribution >= 4 is 5.97 Å². The van der Waals surface area contributed by atoms with Crippen LogP contribution in [0.25, 0.3) is 5.69 Å². The van der Waals surface area contributed by atoms with E-state index >= 15 is 0 Å². The molecule has 21 heavy (non-hydrogen) atoms. The van der Waals surface area contributed by atoms with Crippen LogP contribution in [0.15, 0.2) is 42.7 Å². The molecule has 112 valence electrons. The molecule has 0 saturated carbocycles. The summed E-state index contributed by atoms with van der Waals surface area (Å²) in [6, 6.07) is 9.95. The zero-order valence-electron chi connectivity index (χ0n) is 12.7. The van der Waals surface area contributed by atoms with Gasteiger partial charge < -0.3 is 10.1 Å². The van der Waals surface area contributed by atoms with Gasteiger partial charge in [0.15, 0.2) is 0 Å². The molecule has 0 aliphatic carbocycles. The van der Waals surface area contributed by atoms with Crippen molar-refractivity contribution in [3.8, 4) is 5.69 Å². The second-order valence-electron chi connectivity index (χ2n) is 5.56. The molecule has 1 aromatic heterocycles. The molecular weight excluding hydrogens is 266 g/mol. The van der Waals surface area contributed by atoms with Gasteiger partial charge in [0.05, 0.1) is 18.2 Å². The number of aromatic nitrogens is 2. The predicted molar refractivity (Wildman–Crippen MR) is 81.1 cm³/mol. The lowest BCUT2D eigenvalue weighted by molar-refractivity contribution is -0.150. The average Bonchev–Trinajstić information content (AvgIpc) is 3.00. The molecule has 0 aliphatic rings. The average molecular weight is 287 g/mol. The topological polar surface area (TPSA) is 56.1 Å². The Hall–Kier alpha value is -2.14. The van der Waals surface area contributed by atoms with Crippen LogP contribution in [0.4, 0.5) is 0 Å². The smallest absolute Gasteiger partial charge is 0.312 e. The summed E-state index contributed by atoms with van der Waals surface area (Å²) in [5, 5.41) is 7.58. The number of methoxy groups -OCH3 is 1. The van der Waals surface area contributed by atoms with Gasteiger partial charge in [-0.15, -0.1) is 0 Å². The van der Waals surface area contributed by atoms with Gasteiger partial charge in [-0.05, 0) is 31.5 Å². The van der Waals surface area contributed by atoms with Crippen LogP contribution in [0, 0.1) is 5.41 Å². The molecule has 0 aliphatic heterocycles. The first-order chi connectivity index (χ1) is 10.0. The van der Waals surface area contributed by atoms with Gasteiger partial charge in [-0.3, -0.25) is 4.79 Å². The van der Waals surface area contributed by atoms with E-state index in [-0.39, 0.29) is 5.97 Å². The maximum atomic E-state index is 11.7. The van der Waals surface area contributed by atoms with Gasteiger partial charge in [-0.25, -0.2) is 4.68 Å². The first-order valence-electron chi connectivity index (χ1n) is 6.91. The highest BCUT2D eigenvalue weighted by Gasteiger charge is 2.28. The van der Waals surface area contributed by atoms with Gasteiger partial charge in [0, 0.05) is 25.5 Å². The normalized spacial score (nSPS) is 11.4. The summed E-state index contributed by atoms with van der Waals surface area (Å²) in [7, 11) is 1.41. The van der Waals surface area contributed by atoms with Crippen LogP contribution in [0.2, 0.25) is 0 Å². The van der Waals surface area contributed by atoms with Crippen LogP contribution < -0.4 is 5.32 Å². The van der Waals surface area contributed by atoms with Gasteiger partial charge in [0.2, 0.25) is 0 Å². The van der Waals surface area contributed by atoms with E-state index in [1.807, 2.05) is 49.0 Å². The molecule has 2 aromatic rings. The molecule has 1 heterocycles. The molecular formula is C16H21N3O2. The Morgan fingerprint density at radius 1 is 1.33 bits per heavy atom. The fraction of sp³-hybridized carbons (Fsp3) is 0.375. The van der Waals surface area contributed by atoms with Crippen LogP contribution in [0.5, 0.6) is 0 Å². The number of benzene rings is 1. The van der Waals surface area contributed by atoms with Gasteiger partial charge in [-0.2, -0.15) is 5.10 Å². The third kappa shape index (κ3) is 3.70. The molecule has 0 radical (unpaired) electrons. The van der Waals surface area contributed by atoms with Crippen molar-refractivity contribution in [3.05, 3.63) is 48.3 Å². The monoisotopic (exact) mass is 287 g/mol. The minimum absolute atomic E-state index is 0.213. The van der Waals surface area contributed by atoms with Gasteiger partial charge in [-0.1, -0.05) is 18.2 Å². The second-order valence-corrected chi connectivity index (χ2v) is 5.56. The first-order valence-corrected chi connectivity index (χ1v) is 6.91. The quantitative estimate of drug-likeness (QED) is 0.827. The van der Waals surface area contributed by atoms with E-state index in [2.05, 4.69) is 16.5 Å². The molecule has 0 saturated heterocycles. The van der Waals surface area contributed by atoms with Crippen molar-refractivity contribution in [3.63, 3.8) is 0 Å². The highest BCUT2D eigenvalue weighted by molar-refractivity contribution is 5.76. The third-order valence-corrected chi connectivity index (χ3v) is 3.36. The molecule has 5 nitrogen and oxygen atoms in total. The van der Waals surface area contributed by atoms with E-state index in [0.717, 1.165) is 11.3 Å². The second kappa shape index (κ2) is 6.54. The number of carbonyl (C=O) groups excluding carboxylic acids is 1. The number of carbonyl (C=O) groups is 1. The fourth-order valence-electron chi connectivity index (χ4n) is 2.15. The number of ether oxygens (including phenoxy) is 1. The number of nitrogens with zero attached hydrogens (tertiary/aromatic N) is 2. The van der Waals surface area contributed by atoms with E-state index in [1.165, 1.54) is 7.11 Å². The van der Waals surface area contributed by atoms with E-state index in [0.29, 0.717) is 13.1 Å². The third-order valence-electron chi connectivity index (χ3n) is 3.36. The summed E-state index contributed by atoms with van der Waals surface area (Å²) < 4.78 is 6.64. The Labute approximate surface area is 124 Å². The van der Waals surface area contributed by atoms with Crippen molar-refractivity contribution in [2.75, 3.05) is 13.7 Å². The van der Waals surface area contributed by atoms with E-state index < -0.39 is 5.41 Å². The lowest BCUT2D eigenvalue weighted by Gasteiger charge is -2.22. The summed E-state index contributed by atoms with van der Waals surface area (Å²) >= 11 is 0. The lowest BCUT2D eigenvalue weighted by Crippen LogP contribution is -2.36. The largest absolute Gasteiger partial charge is 0.469 e. The molecule has 0 bridgehead atoms. The van der Waals surface area contributed by atoms with Crippen LogP contribution >= 0.6 is 0 Å². The first kappa shape index (κ1) is 15.3. The van der Waals surface area contributed by atoms with Gasteiger partial charge >= 0.3 is 5.97 Å². The standard InChI is InChI=1S/C16H21N3O2/c1-16(2,15(20)21-3)12-17-11-13-7-4-5-8-14(13)19-10-6-9-18-19/h4-10,17H,11-12H2,1-3H3. The highest BCUT2D eigenvalue weighted by Crippen LogP contribution is 2.17. The van der Waals surface area contributed by atoms with Crippen molar-refractivity contribution < 1.29 is 9.53 Å². The molecule has 5 heteroatoms. The predicted octanol–water partition coefficient (Wildman–Crippen LogP) is 2.16. The highest BCUT2D eigenvalue weighted by atomic mass is 16.5. The molecule has 0 atom stereocenters. The van der Waals surface area contributed by atoms with E-state index in [4.69, 9.17) is 4.74 Å². The van der Waals surface area contributed by atoms with E-state index in [1.54, 1.807) is 6.20 Å². The van der Waals surface area contributed by atoms with Crippen LogP contribution in [-0.4, -0.2) is 29.4 Å². The van der Waals surface area contributed by atoms with Crippen molar-refractivity contribution in [1.29, 1.82) is 0 Å². The number of hydrogen-bond donors (Lipinski definition) is 1. The number of rotatable bonds is 6. The van der Waals surface area contributed by atoms with Crippen molar-refractivity contribution in [2.45, 2.75) is 20.4 Å². The SMILES string of the molecule is COC(=O)C(C)(C)CNCc1ccccc1-n1cccn1. The molecule has 0 amide bonds. The molecule has 1 N–H and O–H groups in total. The number of esters is 1. The molecule has 2 rings (SSSR count). The van der Waals surface area contributed by atoms with Crippen molar-refractivity contribution in [1.82, 2.24) is 15.1 Å². The minimum Gasteiger partial charge on any atom is -0.469 e. The molecule has 1 aromatic carbocycles. The van der Waals surface area contributed by atoms with Crippen LogP contribution in [-0.2, 0) is 16.1 Å². The Morgan fingerprint density at radius 3 is 2.76 bits per heavy atom. The Balaban J connectivity index is 2.03. The Kier molecular flexibility index (Phi) is 4.75. The molecule has 0 fully saturated rings. The Morgan fingerprint density at radius 2 is 2.10 bits per heavy atom. The minimum atomic E-state index is -0.546. The molecule has 0 spiro atoms. The summed E-state index contributed by atoms with van der Waals surface area (Å²) in [5.74, 6) is -0.213.